The lowest BCUT2D eigenvalue weighted by Crippen LogP contribution is -2.39. The lowest BCUT2D eigenvalue weighted by Gasteiger charge is -2.27. The number of carbonyl (C=O) groups excluding carboxylic acids is 1. The van der Waals surface area contributed by atoms with Crippen molar-refractivity contribution >= 4 is 5.91 Å². The van der Waals surface area contributed by atoms with E-state index in [1.54, 1.807) is 0 Å². The Morgan fingerprint density at radius 3 is 3.00 bits per heavy atom. The van der Waals surface area contributed by atoms with Crippen LogP contribution in [0.25, 0.3) is 0 Å². The lowest BCUT2D eigenvalue weighted by atomic mass is 10.1. The summed E-state index contributed by atoms with van der Waals surface area (Å²) >= 11 is 0. The monoisotopic (exact) mass is 178 g/mol. The number of rotatable bonds is 2. The molecule has 3 heteroatoms. The van der Waals surface area contributed by atoms with Gasteiger partial charge in [-0.3, -0.25) is 4.79 Å². The number of piperidine rings is 1. The molecule has 3 nitrogen and oxygen atoms in total. The van der Waals surface area contributed by atoms with Gasteiger partial charge in [-0.1, -0.05) is 0 Å². The average molecular weight is 178 g/mol. The molecule has 3 atom stereocenters. The van der Waals surface area contributed by atoms with Crippen molar-refractivity contribution in [1.82, 2.24) is 4.90 Å². The molecule has 1 saturated carbocycles. The molecule has 1 heterocycles. The van der Waals surface area contributed by atoms with E-state index in [0.717, 1.165) is 19.3 Å². The molecule has 1 aliphatic heterocycles. The van der Waals surface area contributed by atoms with Gasteiger partial charge in [0.25, 0.3) is 0 Å². The second-order valence-corrected chi connectivity index (χ2v) is 4.18. The van der Waals surface area contributed by atoms with Gasteiger partial charge in [-0.2, -0.15) is 5.26 Å². The third-order valence-electron chi connectivity index (χ3n) is 3.17. The molecule has 2 fully saturated rings. The van der Waals surface area contributed by atoms with Gasteiger partial charge in [0.1, 0.15) is 0 Å². The minimum Gasteiger partial charge on any atom is -0.338 e. The van der Waals surface area contributed by atoms with Crippen LogP contribution in [0.1, 0.15) is 26.2 Å². The first-order valence-corrected chi connectivity index (χ1v) is 4.92. The van der Waals surface area contributed by atoms with Crippen molar-refractivity contribution in [2.45, 2.75) is 32.2 Å². The summed E-state index contributed by atoms with van der Waals surface area (Å²) in [6, 6.07) is 2.63. The quantitative estimate of drug-likeness (QED) is 0.636. The van der Waals surface area contributed by atoms with Crippen LogP contribution in [0.15, 0.2) is 0 Å². The van der Waals surface area contributed by atoms with Crippen molar-refractivity contribution < 1.29 is 4.79 Å². The molecule has 1 saturated heterocycles. The maximum absolute atomic E-state index is 11.6. The Hall–Kier alpha value is -1.04. The minimum absolute atomic E-state index is 0.0247. The Kier molecular flexibility index (Phi) is 1.99. The standard InChI is InChI=1S/C10H14N2O/c1-7(5-11)6-12-9-3-2-8(4-9)10(12)13/h7-9H,2-4,6H2,1H3. The molecule has 1 aliphatic carbocycles. The zero-order valence-corrected chi connectivity index (χ0v) is 7.86. The fraction of sp³-hybridized carbons (Fsp3) is 0.800. The summed E-state index contributed by atoms with van der Waals surface area (Å²) in [5, 5.41) is 8.66. The maximum atomic E-state index is 11.6. The number of carbonyl (C=O) groups is 1. The van der Waals surface area contributed by atoms with Crippen molar-refractivity contribution in [2.75, 3.05) is 6.54 Å². The molecule has 0 spiro atoms. The smallest absolute Gasteiger partial charge is 0.226 e. The van der Waals surface area contributed by atoms with Gasteiger partial charge in [-0.15, -0.1) is 0 Å². The topological polar surface area (TPSA) is 44.1 Å². The summed E-state index contributed by atoms with van der Waals surface area (Å²) in [7, 11) is 0. The summed E-state index contributed by atoms with van der Waals surface area (Å²) in [5.41, 5.74) is 0. The molecule has 2 rings (SSSR count). The van der Waals surface area contributed by atoms with Crippen LogP contribution in [0.2, 0.25) is 0 Å². The fourth-order valence-corrected chi connectivity index (χ4v) is 2.45. The Bertz CT molecular complexity index is 269. The zero-order valence-electron chi connectivity index (χ0n) is 7.86. The molecule has 0 N–H and O–H groups in total. The molecule has 1 amide bonds. The average Bonchev–Trinajstić information content (AvgIpc) is 2.69. The second kappa shape index (κ2) is 3.02. The van der Waals surface area contributed by atoms with Crippen LogP contribution >= 0.6 is 0 Å². The summed E-state index contributed by atoms with van der Waals surface area (Å²) in [5.74, 6) is 0.553. The van der Waals surface area contributed by atoms with Crippen molar-refractivity contribution in [3.05, 3.63) is 0 Å². The number of likely N-dealkylation sites (tertiary alicyclic amines) is 1. The van der Waals surface area contributed by atoms with Crippen LogP contribution in [0, 0.1) is 23.2 Å². The second-order valence-electron chi connectivity index (χ2n) is 4.18. The van der Waals surface area contributed by atoms with Crippen molar-refractivity contribution in [2.24, 2.45) is 11.8 Å². The summed E-state index contributed by atoms with van der Waals surface area (Å²) in [6.45, 7) is 2.51. The molecule has 13 heavy (non-hydrogen) atoms. The number of nitriles is 1. The molecular formula is C10H14N2O. The summed E-state index contributed by atoms with van der Waals surface area (Å²) in [6.07, 6.45) is 3.26. The molecule has 70 valence electrons. The van der Waals surface area contributed by atoms with Crippen molar-refractivity contribution in [3.63, 3.8) is 0 Å². The largest absolute Gasteiger partial charge is 0.338 e. The van der Waals surface area contributed by atoms with Crippen LogP contribution in [-0.4, -0.2) is 23.4 Å². The van der Waals surface area contributed by atoms with Crippen LogP contribution in [-0.2, 0) is 4.79 Å². The molecular weight excluding hydrogens is 164 g/mol. The predicted octanol–water partition coefficient (Wildman–Crippen LogP) is 1.16. The van der Waals surface area contributed by atoms with Gasteiger partial charge in [-0.25, -0.2) is 0 Å². The molecule has 0 radical (unpaired) electrons. The third-order valence-corrected chi connectivity index (χ3v) is 3.17. The maximum Gasteiger partial charge on any atom is 0.226 e. The van der Waals surface area contributed by atoms with Gasteiger partial charge in [-0.05, 0) is 26.2 Å². The first-order chi connectivity index (χ1) is 6.22. The first kappa shape index (κ1) is 8.55. The highest BCUT2D eigenvalue weighted by Gasteiger charge is 2.44. The highest BCUT2D eigenvalue weighted by molar-refractivity contribution is 5.82. The van der Waals surface area contributed by atoms with Gasteiger partial charge in [0.05, 0.1) is 12.0 Å². The predicted molar refractivity (Wildman–Crippen MR) is 47.6 cm³/mol. The molecule has 2 bridgehead atoms. The third kappa shape index (κ3) is 1.31. The minimum atomic E-state index is -0.0247. The number of nitrogens with zero attached hydrogens (tertiary/aromatic N) is 2. The molecule has 3 unspecified atom stereocenters. The summed E-state index contributed by atoms with van der Waals surface area (Å²) in [4.78, 5) is 13.6. The van der Waals surface area contributed by atoms with Crippen LogP contribution < -0.4 is 0 Å². The summed E-state index contributed by atoms with van der Waals surface area (Å²) < 4.78 is 0. The Balaban J connectivity index is 2.01. The van der Waals surface area contributed by atoms with Gasteiger partial charge in [0.15, 0.2) is 0 Å². The number of hydrogen-bond acceptors (Lipinski definition) is 2. The Labute approximate surface area is 78.3 Å². The Morgan fingerprint density at radius 1 is 1.69 bits per heavy atom. The number of amides is 1. The van der Waals surface area contributed by atoms with Gasteiger partial charge in [0.2, 0.25) is 5.91 Å². The van der Waals surface area contributed by atoms with E-state index in [-0.39, 0.29) is 11.8 Å². The molecule has 0 aromatic carbocycles. The van der Waals surface area contributed by atoms with E-state index >= 15 is 0 Å². The van der Waals surface area contributed by atoms with E-state index in [0.29, 0.717) is 18.5 Å². The SMILES string of the molecule is CC(C#N)CN1C(=O)C2CCC1C2. The molecule has 0 aromatic heterocycles. The zero-order chi connectivity index (χ0) is 9.42. The van der Waals surface area contributed by atoms with Crippen molar-refractivity contribution in [1.29, 1.82) is 5.26 Å². The van der Waals surface area contributed by atoms with Crippen LogP contribution in [0.4, 0.5) is 0 Å². The number of fused-ring (bicyclic) bond motifs is 2. The van der Waals surface area contributed by atoms with Crippen molar-refractivity contribution in [3.8, 4) is 6.07 Å². The van der Waals surface area contributed by atoms with Crippen LogP contribution in [0.5, 0.6) is 0 Å². The van der Waals surface area contributed by atoms with Gasteiger partial charge < -0.3 is 4.90 Å². The van der Waals surface area contributed by atoms with E-state index in [1.165, 1.54) is 0 Å². The normalized spacial score (nSPS) is 33.5. The highest BCUT2D eigenvalue weighted by atomic mass is 16.2. The fourth-order valence-electron chi connectivity index (χ4n) is 2.45. The van der Waals surface area contributed by atoms with E-state index < -0.39 is 0 Å². The molecule has 2 aliphatic rings. The van der Waals surface area contributed by atoms with E-state index in [9.17, 15) is 4.79 Å². The number of hydrogen-bond donors (Lipinski definition) is 0. The Morgan fingerprint density at radius 2 is 2.46 bits per heavy atom. The van der Waals surface area contributed by atoms with Gasteiger partial charge in [0, 0.05) is 18.5 Å². The van der Waals surface area contributed by atoms with E-state index in [2.05, 4.69) is 6.07 Å². The molecule has 0 aromatic rings. The van der Waals surface area contributed by atoms with E-state index in [4.69, 9.17) is 5.26 Å². The lowest BCUT2D eigenvalue weighted by molar-refractivity contribution is -0.134. The van der Waals surface area contributed by atoms with Gasteiger partial charge >= 0.3 is 0 Å². The highest BCUT2D eigenvalue weighted by Crippen LogP contribution is 2.38. The van der Waals surface area contributed by atoms with Crippen LogP contribution in [0.3, 0.4) is 0 Å². The first-order valence-electron chi connectivity index (χ1n) is 4.92. The van der Waals surface area contributed by atoms with E-state index in [1.807, 2.05) is 11.8 Å².